The Balaban J connectivity index is 2.29. The van der Waals surface area contributed by atoms with Crippen molar-refractivity contribution in [2.24, 2.45) is 7.05 Å². The molecule has 21 heavy (non-hydrogen) atoms. The first-order chi connectivity index (χ1) is 9.81. The highest BCUT2D eigenvalue weighted by molar-refractivity contribution is 6.03. The molecule has 8 heteroatoms. The van der Waals surface area contributed by atoms with Crippen LogP contribution in [0.1, 0.15) is 21.6 Å². The number of nitrogens with one attached hydrogen (secondary N) is 1. The zero-order valence-corrected chi connectivity index (χ0v) is 10.8. The normalized spacial score (nSPS) is 11.0. The number of hydrogen-bond acceptors (Lipinski definition) is 3. The van der Waals surface area contributed by atoms with Crippen LogP contribution >= 0.6 is 0 Å². The van der Waals surface area contributed by atoms with Crippen molar-refractivity contribution in [2.45, 2.75) is 6.18 Å². The highest BCUT2D eigenvalue weighted by Crippen LogP contribution is 2.31. The standard InChI is InChI=1S/C13H9F3N4O/c1-20-5-4-11(19-20)12(21)18-10-3-2-9(13(14,15)16)6-8(10)7-17/h2-6H,1H3,(H,18,21). The first-order valence-corrected chi connectivity index (χ1v) is 5.73. The van der Waals surface area contributed by atoms with E-state index in [1.807, 2.05) is 0 Å². The maximum Gasteiger partial charge on any atom is 0.416 e. The predicted molar refractivity (Wildman–Crippen MR) is 67.3 cm³/mol. The number of hydrogen-bond donors (Lipinski definition) is 1. The summed E-state index contributed by atoms with van der Waals surface area (Å²) in [6.07, 6.45) is -3.00. The van der Waals surface area contributed by atoms with Crippen LogP contribution in [0.15, 0.2) is 30.5 Å². The van der Waals surface area contributed by atoms with Crippen LogP contribution in [-0.4, -0.2) is 15.7 Å². The van der Waals surface area contributed by atoms with Gasteiger partial charge >= 0.3 is 6.18 Å². The minimum atomic E-state index is -4.55. The number of amides is 1. The maximum atomic E-state index is 12.6. The van der Waals surface area contributed by atoms with Crippen molar-refractivity contribution in [3.8, 4) is 6.07 Å². The first kappa shape index (κ1) is 14.6. The Labute approximate surface area is 117 Å². The van der Waals surface area contributed by atoms with Gasteiger partial charge in [0, 0.05) is 13.2 Å². The molecule has 1 aromatic carbocycles. The van der Waals surface area contributed by atoms with Gasteiger partial charge in [-0.05, 0) is 24.3 Å². The monoisotopic (exact) mass is 294 g/mol. The molecule has 1 aromatic heterocycles. The summed E-state index contributed by atoms with van der Waals surface area (Å²) in [5.41, 5.74) is -1.12. The fraction of sp³-hybridized carbons (Fsp3) is 0.154. The SMILES string of the molecule is Cn1ccc(C(=O)Nc2ccc(C(F)(F)F)cc2C#N)n1. The van der Waals surface area contributed by atoms with Crippen LogP contribution in [0.5, 0.6) is 0 Å². The van der Waals surface area contributed by atoms with Gasteiger partial charge in [-0.2, -0.15) is 23.5 Å². The van der Waals surface area contributed by atoms with Gasteiger partial charge in [0.25, 0.3) is 5.91 Å². The molecule has 0 radical (unpaired) electrons. The second kappa shape index (κ2) is 5.28. The highest BCUT2D eigenvalue weighted by Gasteiger charge is 2.31. The lowest BCUT2D eigenvalue weighted by Gasteiger charge is -2.10. The molecule has 0 saturated carbocycles. The van der Waals surface area contributed by atoms with Gasteiger partial charge in [-0.1, -0.05) is 0 Å². The third-order valence-corrected chi connectivity index (χ3v) is 2.66. The van der Waals surface area contributed by atoms with E-state index in [1.165, 1.54) is 10.7 Å². The Hall–Kier alpha value is -2.82. The van der Waals surface area contributed by atoms with E-state index < -0.39 is 17.6 Å². The number of alkyl halides is 3. The predicted octanol–water partition coefficient (Wildman–Crippen LogP) is 2.56. The molecule has 0 aliphatic rings. The minimum absolute atomic E-state index is 0.00107. The van der Waals surface area contributed by atoms with Crippen LogP contribution in [-0.2, 0) is 13.2 Å². The Morgan fingerprint density at radius 1 is 1.38 bits per heavy atom. The Bertz CT molecular complexity index is 728. The Kier molecular flexibility index (Phi) is 3.67. The van der Waals surface area contributed by atoms with Gasteiger partial charge < -0.3 is 5.32 Å². The molecule has 0 aliphatic heterocycles. The van der Waals surface area contributed by atoms with E-state index in [9.17, 15) is 18.0 Å². The van der Waals surface area contributed by atoms with Gasteiger partial charge in [-0.25, -0.2) is 0 Å². The zero-order valence-electron chi connectivity index (χ0n) is 10.8. The number of halogens is 3. The van der Waals surface area contributed by atoms with Crippen molar-refractivity contribution in [3.05, 3.63) is 47.3 Å². The lowest BCUT2D eigenvalue weighted by Crippen LogP contribution is -2.14. The van der Waals surface area contributed by atoms with Crippen LogP contribution in [0.25, 0.3) is 0 Å². The van der Waals surface area contributed by atoms with Crippen molar-refractivity contribution in [3.63, 3.8) is 0 Å². The van der Waals surface area contributed by atoms with Crippen molar-refractivity contribution in [1.29, 1.82) is 5.26 Å². The lowest BCUT2D eigenvalue weighted by atomic mass is 10.1. The average Bonchev–Trinajstić information content (AvgIpc) is 2.84. The van der Waals surface area contributed by atoms with Gasteiger partial charge in [0.1, 0.15) is 6.07 Å². The molecule has 2 rings (SSSR count). The van der Waals surface area contributed by atoms with Crippen molar-refractivity contribution >= 4 is 11.6 Å². The summed E-state index contributed by atoms with van der Waals surface area (Å²) in [5.74, 6) is -0.605. The van der Waals surface area contributed by atoms with E-state index in [2.05, 4.69) is 10.4 Å². The summed E-state index contributed by atoms with van der Waals surface area (Å²) >= 11 is 0. The number of carbonyl (C=O) groups is 1. The zero-order chi connectivity index (χ0) is 15.6. The van der Waals surface area contributed by atoms with Gasteiger partial charge in [-0.3, -0.25) is 9.48 Å². The molecule has 0 atom stereocenters. The highest BCUT2D eigenvalue weighted by atomic mass is 19.4. The van der Waals surface area contributed by atoms with Crippen molar-refractivity contribution in [2.75, 3.05) is 5.32 Å². The lowest BCUT2D eigenvalue weighted by molar-refractivity contribution is -0.137. The molecule has 0 saturated heterocycles. The second-order valence-corrected chi connectivity index (χ2v) is 4.20. The number of rotatable bonds is 2. The fourth-order valence-corrected chi connectivity index (χ4v) is 1.64. The molecular weight excluding hydrogens is 285 g/mol. The van der Waals surface area contributed by atoms with Crippen LogP contribution < -0.4 is 5.32 Å². The third kappa shape index (κ3) is 3.20. The average molecular weight is 294 g/mol. The molecule has 108 valence electrons. The van der Waals surface area contributed by atoms with Crippen LogP contribution in [0.4, 0.5) is 18.9 Å². The fourth-order valence-electron chi connectivity index (χ4n) is 1.64. The van der Waals surface area contributed by atoms with E-state index in [0.29, 0.717) is 6.07 Å². The van der Waals surface area contributed by atoms with Gasteiger partial charge in [0.15, 0.2) is 5.69 Å². The third-order valence-electron chi connectivity index (χ3n) is 2.66. The largest absolute Gasteiger partial charge is 0.416 e. The van der Waals surface area contributed by atoms with E-state index >= 15 is 0 Å². The topological polar surface area (TPSA) is 70.7 Å². The molecule has 1 heterocycles. The summed E-state index contributed by atoms with van der Waals surface area (Å²) in [4.78, 5) is 11.9. The van der Waals surface area contributed by atoms with Crippen LogP contribution in [0.2, 0.25) is 0 Å². The molecule has 0 bridgehead atoms. The van der Waals surface area contributed by atoms with Gasteiger partial charge in [0.2, 0.25) is 0 Å². The number of benzene rings is 1. The number of nitrogens with zero attached hydrogens (tertiary/aromatic N) is 3. The molecule has 0 spiro atoms. The Morgan fingerprint density at radius 3 is 2.62 bits per heavy atom. The number of aryl methyl sites for hydroxylation is 1. The number of carbonyl (C=O) groups excluding carboxylic acids is 1. The molecule has 0 aliphatic carbocycles. The summed E-state index contributed by atoms with van der Waals surface area (Å²) < 4.78 is 39.1. The molecule has 2 aromatic rings. The first-order valence-electron chi connectivity index (χ1n) is 5.73. The molecule has 1 amide bonds. The molecular formula is C13H9F3N4O. The Morgan fingerprint density at radius 2 is 2.10 bits per heavy atom. The van der Waals surface area contributed by atoms with Crippen molar-refractivity contribution < 1.29 is 18.0 Å². The van der Waals surface area contributed by atoms with Crippen LogP contribution in [0.3, 0.4) is 0 Å². The van der Waals surface area contributed by atoms with Gasteiger partial charge in [-0.15, -0.1) is 0 Å². The molecule has 5 nitrogen and oxygen atoms in total. The summed E-state index contributed by atoms with van der Waals surface area (Å²) in [7, 11) is 1.62. The van der Waals surface area contributed by atoms with E-state index in [4.69, 9.17) is 5.26 Å². The smallest absolute Gasteiger partial charge is 0.319 e. The summed E-state index contributed by atoms with van der Waals surface area (Å²) in [6, 6.07) is 5.61. The summed E-state index contributed by atoms with van der Waals surface area (Å²) in [6.45, 7) is 0. The number of anilines is 1. The summed E-state index contributed by atoms with van der Waals surface area (Å²) in [5, 5.41) is 15.1. The van der Waals surface area contributed by atoms with E-state index in [-0.39, 0.29) is 16.9 Å². The van der Waals surface area contributed by atoms with Crippen molar-refractivity contribution in [1.82, 2.24) is 9.78 Å². The molecule has 0 unspecified atom stereocenters. The number of nitriles is 1. The molecule has 0 fully saturated rings. The van der Waals surface area contributed by atoms with E-state index in [1.54, 1.807) is 19.3 Å². The van der Waals surface area contributed by atoms with Crippen LogP contribution in [0, 0.1) is 11.3 Å². The maximum absolute atomic E-state index is 12.6. The van der Waals surface area contributed by atoms with Gasteiger partial charge in [0.05, 0.1) is 16.8 Å². The number of aromatic nitrogens is 2. The second-order valence-electron chi connectivity index (χ2n) is 4.20. The molecule has 1 N–H and O–H groups in total. The quantitative estimate of drug-likeness (QED) is 0.925. The minimum Gasteiger partial charge on any atom is -0.319 e. The van der Waals surface area contributed by atoms with E-state index in [0.717, 1.165) is 12.1 Å².